The molecule has 0 spiro atoms. The summed E-state index contributed by atoms with van der Waals surface area (Å²) >= 11 is 5.70. The van der Waals surface area contributed by atoms with Crippen molar-refractivity contribution < 1.29 is 4.79 Å². The maximum atomic E-state index is 11.7. The summed E-state index contributed by atoms with van der Waals surface area (Å²) in [5.41, 5.74) is 0.843. The van der Waals surface area contributed by atoms with Gasteiger partial charge in [0.05, 0.1) is 6.20 Å². The van der Waals surface area contributed by atoms with Crippen LogP contribution in [0.15, 0.2) is 30.5 Å². The van der Waals surface area contributed by atoms with Crippen LogP contribution in [0.2, 0.25) is 5.02 Å². The van der Waals surface area contributed by atoms with Crippen molar-refractivity contribution in [1.29, 1.82) is 0 Å². The molecule has 0 amide bonds. The Morgan fingerprint density at radius 2 is 2.00 bits per heavy atom. The van der Waals surface area contributed by atoms with Crippen LogP contribution in [0.25, 0.3) is 0 Å². The summed E-state index contributed by atoms with van der Waals surface area (Å²) in [6.45, 7) is 0. The Kier molecular flexibility index (Phi) is 2.28. The van der Waals surface area contributed by atoms with Crippen molar-refractivity contribution in [3.05, 3.63) is 46.7 Å². The topological polar surface area (TPSA) is 58.6 Å². The van der Waals surface area contributed by atoms with Crippen LogP contribution in [0.5, 0.6) is 0 Å². The predicted molar refractivity (Wildman–Crippen MR) is 51.3 cm³/mol. The van der Waals surface area contributed by atoms with Gasteiger partial charge in [0.15, 0.2) is 5.69 Å². The van der Waals surface area contributed by atoms with Crippen molar-refractivity contribution in [3.63, 3.8) is 0 Å². The van der Waals surface area contributed by atoms with E-state index in [-0.39, 0.29) is 5.78 Å². The van der Waals surface area contributed by atoms with E-state index in [4.69, 9.17) is 11.6 Å². The van der Waals surface area contributed by atoms with E-state index >= 15 is 0 Å². The minimum absolute atomic E-state index is 0.171. The summed E-state index contributed by atoms with van der Waals surface area (Å²) in [6, 6.07) is 6.63. The molecule has 0 aliphatic heterocycles. The van der Waals surface area contributed by atoms with E-state index in [1.54, 1.807) is 24.3 Å². The number of benzene rings is 1. The number of ketones is 1. The molecule has 5 heteroatoms. The van der Waals surface area contributed by atoms with E-state index in [1.807, 2.05) is 0 Å². The van der Waals surface area contributed by atoms with Crippen LogP contribution in [0.3, 0.4) is 0 Å². The van der Waals surface area contributed by atoms with Gasteiger partial charge in [-0.3, -0.25) is 4.79 Å². The summed E-state index contributed by atoms with van der Waals surface area (Å²) < 4.78 is 0. The first-order chi connectivity index (χ1) is 6.77. The molecule has 14 heavy (non-hydrogen) atoms. The number of carbonyl (C=O) groups excluding carboxylic acids is 1. The van der Waals surface area contributed by atoms with Crippen LogP contribution < -0.4 is 0 Å². The van der Waals surface area contributed by atoms with Crippen molar-refractivity contribution in [1.82, 2.24) is 15.4 Å². The fraction of sp³-hybridized carbons (Fsp3) is 0. The summed E-state index contributed by atoms with van der Waals surface area (Å²) in [5.74, 6) is -0.171. The molecule has 0 bridgehead atoms. The summed E-state index contributed by atoms with van der Waals surface area (Å²) in [6.07, 6.45) is 1.39. The molecule has 0 fully saturated rings. The van der Waals surface area contributed by atoms with Crippen molar-refractivity contribution in [2.45, 2.75) is 0 Å². The number of halogens is 1. The fourth-order valence-corrected chi connectivity index (χ4v) is 1.19. The van der Waals surface area contributed by atoms with Crippen LogP contribution in [0, 0.1) is 0 Å². The molecular formula is C9H6ClN3O. The van der Waals surface area contributed by atoms with Gasteiger partial charge in [-0.25, -0.2) is 0 Å². The van der Waals surface area contributed by atoms with Crippen LogP contribution in [0.4, 0.5) is 0 Å². The zero-order valence-electron chi connectivity index (χ0n) is 7.07. The first-order valence-corrected chi connectivity index (χ1v) is 4.31. The standard InChI is InChI=1S/C9H6ClN3O/c10-7-3-1-6(2-4-7)9(14)8-5-11-13-12-8/h1-5H,(H,11,12,13). The minimum atomic E-state index is -0.171. The second-order valence-corrected chi connectivity index (χ2v) is 3.13. The Morgan fingerprint density at radius 3 is 2.57 bits per heavy atom. The summed E-state index contributed by atoms with van der Waals surface area (Å²) in [5, 5.41) is 10.2. The molecule has 2 aromatic rings. The molecule has 2 rings (SSSR count). The quantitative estimate of drug-likeness (QED) is 0.763. The number of nitrogens with one attached hydrogen (secondary N) is 1. The third-order valence-corrected chi connectivity index (χ3v) is 2.01. The molecule has 0 aliphatic rings. The minimum Gasteiger partial charge on any atom is -0.287 e. The van der Waals surface area contributed by atoms with Crippen molar-refractivity contribution in [3.8, 4) is 0 Å². The van der Waals surface area contributed by atoms with E-state index < -0.39 is 0 Å². The Labute approximate surface area is 84.9 Å². The van der Waals surface area contributed by atoms with E-state index in [0.717, 1.165) is 0 Å². The number of nitrogens with zero attached hydrogens (tertiary/aromatic N) is 2. The molecule has 0 aliphatic carbocycles. The van der Waals surface area contributed by atoms with Gasteiger partial charge in [0.1, 0.15) is 0 Å². The summed E-state index contributed by atoms with van der Waals surface area (Å²) in [4.78, 5) is 11.7. The molecule has 1 N–H and O–H groups in total. The van der Waals surface area contributed by atoms with Gasteiger partial charge in [-0.05, 0) is 24.3 Å². The molecule has 0 saturated carbocycles. The number of hydrogen-bond donors (Lipinski definition) is 1. The van der Waals surface area contributed by atoms with Crippen LogP contribution in [-0.4, -0.2) is 21.2 Å². The highest BCUT2D eigenvalue weighted by Gasteiger charge is 2.10. The van der Waals surface area contributed by atoms with Gasteiger partial charge in [-0.15, -0.1) is 0 Å². The highest BCUT2D eigenvalue weighted by molar-refractivity contribution is 6.30. The zero-order valence-corrected chi connectivity index (χ0v) is 7.82. The number of H-pyrrole nitrogens is 1. The van der Waals surface area contributed by atoms with Crippen LogP contribution in [0.1, 0.15) is 16.1 Å². The van der Waals surface area contributed by atoms with Crippen molar-refractivity contribution in [2.75, 3.05) is 0 Å². The Hall–Kier alpha value is -1.68. The van der Waals surface area contributed by atoms with Gasteiger partial charge >= 0.3 is 0 Å². The molecule has 0 unspecified atom stereocenters. The lowest BCUT2D eigenvalue weighted by Gasteiger charge is -1.96. The smallest absolute Gasteiger partial charge is 0.214 e. The third kappa shape index (κ3) is 1.65. The molecule has 0 saturated heterocycles. The van der Waals surface area contributed by atoms with E-state index in [9.17, 15) is 4.79 Å². The molecule has 70 valence electrons. The Morgan fingerprint density at radius 1 is 1.29 bits per heavy atom. The lowest BCUT2D eigenvalue weighted by Crippen LogP contribution is -2.01. The molecule has 1 aromatic carbocycles. The maximum absolute atomic E-state index is 11.7. The zero-order chi connectivity index (χ0) is 9.97. The molecule has 1 aromatic heterocycles. The third-order valence-electron chi connectivity index (χ3n) is 1.75. The Bertz CT molecular complexity index is 436. The second kappa shape index (κ2) is 3.59. The highest BCUT2D eigenvalue weighted by atomic mass is 35.5. The number of aromatic nitrogens is 3. The van der Waals surface area contributed by atoms with Crippen molar-refractivity contribution >= 4 is 17.4 Å². The maximum Gasteiger partial charge on any atom is 0.214 e. The number of hydrogen-bond acceptors (Lipinski definition) is 3. The fourth-order valence-electron chi connectivity index (χ4n) is 1.06. The van der Waals surface area contributed by atoms with E-state index in [2.05, 4.69) is 15.4 Å². The Balaban J connectivity index is 2.33. The van der Waals surface area contributed by atoms with Gasteiger partial charge in [-0.2, -0.15) is 15.4 Å². The van der Waals surface area contributed by atoms with E-state index in [0.29, 0.717) is 16.3 Å². The van der Waals surface area contributed by atoms with Crippen LogP contribution in [-0.2, 0) is 0 Å². The average molecular weight is 208 g/mol. The normalized spacial score (nSPS) is 10.1. The van der Waals surface area contributed by atoms with Gasteiger partial charge < -0.3 is 0 Å². The lowest BCUT2D eigenvalue weighted by atomic mass is 10.1. The van der Waals surface area contributed by atoms with Crippen molar-refractivity contribution in [2.24, 2.45) is 0 Å². The number of rotatable bonds is 2. The average Bonchev–Trinajstić information content (AvgIpc) is 2.71. The first-order valence-electron chi connectivity index (χ1n) is 3.93. The van der Waals surface area contributed by atoms with Gasteiger partial charge in [0.25, 0.3) is 0 Å². The van der Waals surface area contributed by atoms with Gasteiger partial charge in [0, 0.05) is 10.6 Å². The number of carbonyl (C=O) groups is 1. The molecule has 4 nitrogen and oxygen atoms in total. The number of aromatic amines is 1. The molecule has 0 atom stereocenters. The molecule has 1 heterocycles. The SMILES string of the molecule is O=C(c1ccc(Cl)cc1)c1cn[nH]n1. The van der Waals surface area contributed by atoms with Crippen LogP contribution >= 0.6 is 11.6 Å². The lowest BCUT2D eigenvalue weighted by molar-refractivity contribution is 0.103. The molecular weight excluding hydrogens is 202 g/mol. The highest BCUT2D eigenvalue weighted by Crippen LogP contribution is 2.11. The summed E-state index contributed by atoms with van der Waals surface area (Å²) in [7, 11) is 0. The van der Waals surface area contributed by atoms with Gasteiger partial charge in [-0.1, -0.05) is 11.6 Å². The van der Waals surface area contributed by atoms with Gasteiger partial charge in [0.2, 0.25) is 5.78 Å². The largest absolute Gasteiger partial charge is 0.287 e. The second-order valence-electron chi connectivity index (χ2n) is 2.69. The predicted octanol–water partition coefficient (Wildman–Crippen LogP) is 1.69. The van der Waals surface area contributed by atoms with E-state index in [1.165, 1.54) is 6.20 Å². The monoisotopic (exact) mass is 207 g/mol. The first kappa shape index (κ1) is 8.90. The molecule has 0 radical (unpaired) electrons.